The highest BCUT2D eigenvalue weighted by Crippen LogP contribution is 1.67. The van der Waals surface area contributed by atoms with Crippen molar-refractivity contribution in [3.8, 4) is 0 Å². The van der Waals surface area contributed by atoms with Crippen molar-refractivity contribution in [2.45, 2.75) is 0 Å². The van der Waals surface area contributed by atoms with Crippen LogP contribution in [0.2, 0.25) is 0 Å². The summed E-state index contributed by atoms with van der Waals surface area (Å²) < 4.78 is 12.3. The van der Waals surface area contributed by atoms with E-state index < -0.39 is 16.9 Å². The van der Waals surface area contributed by atoms with Crippen molar-refractivity contribution >= 4 is 16.9 Å². The summed E-state index contributed by atoms with van der Waals surface area (Å²) in [5.74, 6) is -0.411. The van der Waals surface area contributed by atoms with E-state index in [4.69, 9.17) is 0 Å². The molecule has 0 fully saturated rings. The van der Waals surface area contributed by atoms with Gasteiger partial charge in [-0.25, -0.2) is 4.21 Å². The Morgan fingerprint density at radius 2 is 2.38 bits per heavy atom. The molecule has 0 radical (unpaired) electrons. The highest BCUT2D eigenvalue weighted by molar-refractivity contribution is 7.82. The molecule has 0 aromatic heterocycles. The molecule has 1 unspecified atom stereocenters. The van der Waals surface area contributed by atoms with Crippen LogP contribution in [0.25, 0.3) is 0 Å². The molecule has 4 heteroatoms. The third kappa shape index (κ3) is 3.55. The van der Waals surface area contributed by atoms with E-state index in [0.29, 0.717) is 0 Å². The minimum atomic E-state index is -1.27. The first kappa shape index (κ1) is 7.36. The van der Waals surface area contributed by atoms with Gasteiger partial charge in [0.1, 0.15) is 11.0 Å². The molecular formula is C4H7NO2S. The number of hydrogen-bond donors (Lipinski definition) is 1. The van der Waals surface area contributed by atoms with Gasteiger partial charge in [-0.3, -0.25) is 9.52 Å². The van der Waals surface area contributed by atoms with Gasteiger partial charge in [0.25, 0.3) is 5.91 Å². The monoisotopic (exact) mass is 133 g/mol. The third-order valence-corrected chi connectivity index (χ3v) is 0.918. The smallest absolute Gasteiger partial charge is 0.255 e. The molecular weight excluding hydrogens is 126 g/mol. The fourth-order valence-electron chi connectivity index (χ4n) is 0.183. The highest BCUT2D eigenvalue weighted by atomic mass is 32.2. The van der Waals surface area contributed by atoms with Crippen LogP contribution >= 0.6 is 0 Å². The molecule has 0 saturated heterocycles. The van der Waals surface area contributed by atoms with Gasteiger partial charge in [-0.2, -0.15) is 0 Å². The van der Waals surface area contributed by atoms with Crippen LogP contribution in [0.5, 0.6) is 0 Å². The molecule has 0 aromatic rings. The Bertz CT molecular complexity index is 132. The normalized spacial score (nSPS) is 12.1. The summed E-state index contributed by atoms with van der Waals surface area (Å²) in [6, 6.07) is 0. The third-order valence-electron chi connectivity index (χ3n) is 0.430. The predicted octanol–water partition coefficient (Wildman–Crippen LogP) is -0.418. The number of carbonyl (C=O) groups is 1. The van der Waals surface area contributed by atoms with Crippen molar-refractivity contribution in [2.24, 2.45) is 0 Å². The van der Waals surface area contributed by atoms with E-state index in [1.54, 1.807) is 0 Å². The van der Waals surface area contributed by atoms with E-state index >= 15 is 0 Å². The largest absolute Gasteiger partial charge is 0.272 e. The Morgan fingerprint density at radius 1 is 1.88 bits per heavy atom. The minimum Gasteiger partial charge on any atom is -0.272 e. The van der Waals surface area contributed by atoms with E-state index in [0.717, 1.165) is 6.08 Å². The molecule has 0 saturated carbocycles. The number of amides is 1. The van der Waals surface area contributed by atoms with Crippen molar-refractivity contribution in [1.29, 1.82) is 0 Å². The molecule has 1 atom stereocenters. The minimum absolute atomic E-state index is 0.411. The molecule has 46 valence electrons. The van der Waals surface area contributed by atoms with Crippen LogP contribution in [-0.2, 0) is 15.8 Å². The zero-order chi connectivity index (χ0) is 6.57. The van der Waals surface area contributed by atoms with Crippen molar-refractivity contribution in [3.63, 3.8) is 0 Å². The van der Waals surface area contributed by atoms with Gasteiger partial charge in [0, 0.05) is 6.26 Å². The van der Waals surface area contributed by atoms with Crippen LogP contribution < -0.4 is 4.72 Å². The average molecular weight is 133 g/mol. The number of carbonyl (C=O) groups excluding carboxylic acids is 1. The molecule has 1 amide bonds. The van der Waals surface area contributed by atoms with Crippen LogP contribution in [-0.4, -0.2) is 16.4 Å². The fourth-order valence-corrected chi connectivity index (χ4v) is 0.550. The lowest BCUT2D eigenvalue weighted by atomic mass is 10.6. The number of hydrogen-bond acceptors (Lipinski definition) is 2. The van der Waals surface area contributed by atoms with Gasteiger partial charge >= 0.3 is 0 Å². The van der Waals surface area contributed by atoms with Gasteiger partial charge in [0.15, 0.2) is 0 Å². The lowest BCUT2D eigenvalue weighted by molar-refractivity contribution is -0.114. The highest BCUT2D eigenvalue weighted by Gasteiger charge is 1.91. The van der Waals surface area contributed by atoms with E-state index in [-0.39, 0.29) is 0 Å². The van der Waals surface area contributed by atoms with Crippen molar-refractivity contribution < 1.29 is 9.00 Å². The van der Waals surface area contributed by atoms with Crippen LogP contribution in [0, 0.1) is 0 Å². The van der Waals surface area contributed by atoms with E-state index in [1.807, 2.05) is 0 Å². The topological polar surface area (TPSA) is 46.2 Å². The SMILES string of the molecule is C=CC(=O)NS(C)=O. The summed E-state index contributed by atoms with van der Waals surface area (Å²) in [6.07, 6.45) is 2.45. The maximum Gasteiger partial charge on any atom is 0.255 e. The fraction of sp³-hybridized carbons (Fsp3) is 0.250. The molecule has 0 aliphatic rings. The standard InChI is InChI=1S/C4H7NO2S/c1-3-4(6)5-8(2)7/h3H,1H2,2H3,(H,5,6). The summed E-state index contributed by atoms with van der Waals surface area (Å²) >= 11 is 0. The summed E-state index contributed by atoms with van der Waals surface area (Å²) in [5.41, 5.74) is 0. The molecule has 0 rings (SSSR count). The van der Waals surface area contributed by atoms with E-state index in [2.05, 4.69) is 11.3 Å². The van der Waals surface area contributed by atoms with Gasteiger partial charge in [-0.15, -0.1) is 0 Å². The lowest BCUT2D eigenvalue weighted by Gasteiger charge is -1.91. The number of rotatable bonds is 2. The maximum absolute atomic E-state index is 10.2. The molecule has 0 heterocycles. The second kappa shape index (κ2) is 3.37. The summed E-state index contributed by atoms with van der Waals surface area (Å²) in [6.45, 7) is 3.17. The Balaban J connectivity index is 3.55. The average Bonchev–Trinajstić information content (AvgIpc) is 1.65. The summed E-state index contributed by atoms with van der Waals surface area (Å²) in [4.78, 5) is 10.2. The first-order chi connectivity index (χ1) is 3.66. The van der Waals surface area contributed by atoms with Crippen LogP contribution in [0.15, 0.2) is 12.7 Å². The zero-order valence-electron chi connectivity index (χ0n) is 4.51. The molecule has 0 aliphatic carbocycles. The lowest BCUT2D eigenvalue weighted by Crippen LogP contribution is -2.21. The summed E-state index contributed by atoms with van der Waals surface area (Å²) in [5, 5.41) is 0. The van der Waals surface area contributed by atoms with Gasteiger partial charge in [0.05, 0.1) is 0 Å². The van der Waals surface area contributed by atoms with Crippen LogP contribution in [0.4, 0.5) is 0 Å². The Labute approximate surface area is 50.4 Å². The Hall–Kier alpha value is -0.640. The predicted molar refractivity (Wildman–Crippen MR) is 32.4 cm³/mol. The van der Waals surface area contributed by atoms with Crippen molar-refractivity contribution in [1.82, 2.24) is 4.72 Å². The van der Waals surface area contributed by atoms with Crippen LogP contribution in [0.1, 0.15) is 0 Å². The van der Waals surface area contributed by atoms with Crippen LogP contribution in [0.3, 0.4) is 0 Å². The molecule has 8 heavy (non-hydrogen) atoms. The molecule has 1 N–H and O–H groups in total. The molecule has 0 aromatic carbocycles. The first-order valence-electron chi connectivity index (χ1n) is 1.93. The van der Waals surface area contributed by atoms with E-state index in [9.17, 15) is 9.00 Å². The Kier molecular flexibility index (Phi) is 3.10. The van der Waals surface area contributed by atoms with Crippen molar-refractivity contribution in [3.05, 3.63) is 12.7 Å². The summed E-state index contributed by atoms with van der Waals surface area (Å²) in [7, 11) is -1.27. The molecule has 3 nitrogen and oxygen atoms in total. The van der Waals surface area contributed by atoms with Gasteiger partial charge in [-0.1, -0.05) is 6.58 Å². The number of nitrogens with one attached hydrogen (secondary N) is 1. The second-order valence-electron chi connectivity index (χ2n) is 1.12. The quantitative estimate of drug-likeness (QED) is 0.520. The van der Waals surface area contributed by atoms with Crippen molar-refractivity contribution in [2.75, 3.05) is 6.26 Å². The van der Waals surface area contributed by atoms with Gasteiger partial charge in [0.2, 0.25) is 0 Å². The molecule has 0 spiro atoms. The second-order valence-corrected chi connectivity index (χ2v) is 2.24. The maximum atomic E-state index is 10.2. The first-order valence-corrected chi connectivity index (χ1v) is 3.49. The molecule has 0 bridgehead atoms. The van der Waals surface area contributed by atoms with E-state index in [1.165, 1.54) is 6.26 Å². The van der Waals surface area contributed by atoms with Gasteiger partial charge < -0.3 is 0 Å². The molecule has 0 aliphatic heterocycles. The Morgan fingerprint density at radius 3 is 2.50 bits per heavy atom. The van der Waals surface area contributed by atoms with Gasteiger partial charge in [-0.05, 0) is 6.08 Å². The zero-order valence-corrected chi connectivity index (χ0v) is 5.33.